The summed E-state index contributed by atoms with van der Waals surface area (Å²) in [5.74, 6) is 0. The number of hydrogen-bond donors (Lipinski definition) is 45. The van der Waals surface area contributed by atoms with Gasteiger partial charge >= 0.3 is 0 Å². The highest BCUT2D eigenvalue weighted by Gasteiger charge is -0.0273. The summed E-state index contributed by atoms with van der Waals surface area (Å²) >= 11 is 0. The highest BCUT2D eigenvalue weighted by Crippen LogP contribution is 0.190. The van der Waals surface area contributed by atoms with Crippen molar-refractivity contribution >= 4 is 0 Å². The van der Waals surface area contributed by atoms with Gasteiger partial charge in [-0.05, 0) is 0 Å². The van der Waals surface area contributed by atoms with Crippen LogP contribution in [0.2, 0.25) is 63.5 Å². The molecular weight excluding hydrogens is 1160 g/mol. The molecule has 714 valence electrons. The zero-order valence-corrected chi connectivity index (χ0v) is 26.0. The zero-order valence-electron chi connectivity index (χ0n) is 71.0. The molecule has 0 saturated carbocycles. The second-order valence-electron chi connectivity index (χ2n) is 0. The summed E-state index contributed by atoms with van der Waals surface area (Å²) in [6.45, 7) is 0. The SMILES string of the molecule is C.C.C.C.C.C.C.C.C.C.C.C.C.C.C.C.C.C.C.C.C.C.C.C.C.C.C.C.C.C.C.C.C.C.C.C.C.C.C.C.C.C.C.C.[2H]N.[2H]N.[2H]N.[2H]N.[2H]N.[2H]N.[2H]N.[2H]N.[2H]N.[2H]N.[2H]N.[2H]N.[2H]N.[2H]N.[2H]N.[2H]N.[2H]N.[2H]N.[2H]N.[2H]N.[2H]N.[2H]N.[2H]N.[2H]N.[2H]N.[2H]N.[2H]N.[2H]N.[2H]N.[2H]N.[2H]N.[2H]N.[2H]N.[2H]N.[2H]N.[2H]N.[2H]N.[2H]N.[2H]N.[2H]N.[2H]N.[2H]N.[2H]N.[2H]N.[2H]N.[HH]. The lowest BCUT2D eigenvalue weighted by Crippen LogP contribution is -0.482. The molecule has 0 aromatic heterocycles. The van der Waals surface area contributed by atoms with E-state index in [2.05, 4.69) is 276 Å². The summed E-state index contributed by atoms with van der Waals surface area (Å²) in [6, 6.07) is 0. The van der Waals surface area contributed by atoms with E-state index in [9.17, 15) is 0 Å². The average molecular weight is 1520 g/mol. The van der Waals surface area contributed by atoms with Gasteiger partial charge in [-0.15, -0.1) is 0 Å². The van der Waals surface area contributed by atoms with Gasteiger partial charge in [0.1, 0.15) is 63.5 Å². The highest BCUT2D eigenvalue weighted by molar-refractivity contribution is 2.55. The molecule has 0 amide bonds. The van der Waals surface area contributed by atoms with Gasteiger partial charge in [0.15, 0.2) is 0 Å². The fourth-order valence-electron chi connectivity index (χ4n) is 0. The molecule has 0 heterocycles. The summed E-state index contributed by atoms with van der Waals surface area (Å²) in [4.78, 5) is 0. The van der Waals surface area contributed by atoms with E-state index in [-0.39, 0.29) is 328 Å². The van der Waals surface area contributed by atoms with Gasteiger partial charge in [0.2, 0.25) is 0 Å². The molecule has 0 bridgehead atoms. The normalized spacial score (nSPS) is 3.54. The third-order valence-corrected chi connectivity index (χ3v) is 0. The van der Waals surface area contributed by atoms with Crippen molar-refractivity contribution < 1.29 is 65.0 Å². The Hall–Kier alpha value is -1.80. The zero-order chi connectivity index (χ0) is 90.0. The lowest BCUT2D eigenvalue weighted by molar-refractivity contribution is 2.13. The molecule has 0 saturated heterocycles. The molecule has 0 aromatic rings. The van der Waals surface area contributed by atoms with Crippen molar-refractivity contribution in [1.82, 2.24) is 276 Å². The fourth-order valence-corrected chi connectivity index (χ4v) is 0. The summed E-state index contributed by atoms with van der Waals surface area (Å²) in [5, 5.41) is 0. The molecule has 0 rings (SSSR count). The minimum Gasteiger partial charge on any atom is -0.344 e. The second kappa shape index (κ2) is 193000. The first-order chi connectivity index (χ1) is 45.0. The Kier molecular flexibility index (Phi) is 753000. The van der Waals surface area contributed by atoms with Gasteiger partial charge < -0.3 is 276 Å². The first-order valence-electron chi connectivity index (χ1n) is 26.0. The Morgan fingerprint density at radius 3 is 0.0562 bits per heavy atom. The Morgan fingerprint density at radius 2 is 0.0562 bits per heavy atom. The molecule has 135 N–H and O–H groups in total. The molecule has 0 spiro atoms. The Bertz CT molecular complexity index is 214. The molecule has 0 aliphatic heterocycles. The van der Waals surface area contributed by atoms with Gasteiger partial charge in [-0.25, -0.2) is 0 Å². The van der Waals surface area contributed by atoms with Crippen LogP contribution in [0.3, 0.4) is 0 Å². The van der Waals surface area contributed by atoms with Crippen molar-refractivity contribution in [2.24, 2.45) is 0 Å². The lowest BCUT2D eigenvalue weighted by Gasteiger charge is -0.345. The molecule has 0 aromatic carbocycles. The van der Waals surface area contributed by atoms with E-state index < -0.39 is 0 Å². The standard InChI is InChI=1S/44CH4.45H3N.H2/h44*1H4;45*1H3;1H/i/hD45. The maximum atomic E-state index is 5.25. The van der Waals surface area contributed by atoms with Gasteiger partial charge in [-0.1, -0.05) is 327 Å². The van der Waals surface area contributed by atoms with Crippen LogP contribution >= 0.6 is 0 Å². The molecule has 0 aliphatic rings. The summed E-state index contributed by atoms with van der Waals surface area (Å²) in [6.07, 6.45) is 169. The van der Waals surface area contributed by atoms with Crippen LogP contribution in [0.1, 0.15) is 328 Å². The van der Waals surface area contributed by atoms with Crippen LogP contribution in [0.25, 0.3) is 0 Å². The van der Waals surface area contributed by atoms with E-state index in [1.807, 2.05) is 0 Å². The van der Waals surface area contributed by atoms with Crippen LogP contribution in [0.4, 0.5) is 0 Å². The van der Waals surface area contributed by atoms with Crippen molar-refractivity contribution in [3.8, 4) is 0 Å². The van der Waals surface area contributed by atoms with Gasteiger partial charge in [0, 0.05) is 1.43 Å². The monoisotopic (exact) mass is 1520 g/mol. The van der Waals surface area contributed by atoms with E-state index in [1.54, 1.807) is 0 Å². The van der Waals surface area contributed by atoms with Crippen molar-refractivity contribution in [3.05, 3.63) is 0 Å². The predicted octanol–water partition coefficient (Wildman–Crippen LogP) is 35.5. The second-order valence-corrected chi connectivity index (χ2v) is 0. The smallest absolute Gasteiger partial charge is 0.115 e. The van der Waals surface area contributed by atoms with Gasteiger partial charge in [0.05, 0.1) is 0 Å². The number of rotatable bonds is 0. The molecule has 89 heavy (non-hydrogen) atoms. The third kappa shape index (κ3) is 189000. The average Bonchev–Trinajstić information content (AvgIpc) is 3.79. The first-order valence-corrected chi connectivity index (χ1v) is 0. The van der Waals surface area contributed by atoms with Crippen LogP contribution < -0.4 is 276 Å². The van der Waals surface area contributed by atoms with E-state index in [0.29, 0.717) is 0 Å². The molecule has 0 fully saturated rings. The Balaban J connectivity index is -0.00000000173. The van der Waals surface area contributed by atoms with Crippen LogP contribution in [0.5, 0.6) is 0 Å². The summed E-state index contributed by atoms with van der Waals surface area (Å²) in [5.41, 5.74) is 0. The third-order valence-electron chi connectivity index (χ3n) is 0. The van der Waals surface area contributed by atoms with Gasteiger partial charge in [0.25, 0.3) is 0 Å². The van der Waals surface area contributed by atoms with Gasteiger partial charge in [-0.3, -0.25) is 0 Å². The van der Waals surface area contributed by atoms with Crippen LogP contribution in [0, 0.1) is 0 Å². The minimum absolute atomic E-state index is 0. The van der Waals surface area contributed by atoms with Crippen molar-refractivity contribution in [2.45, 2.75) is 327 Å². The Labute approximate surface area is 669 Å². The maximum absolute atomic E-state index is 5.25. The quantitative estimate of drug-likeness (QED) is 0.107. The largest absolute Gasteiger partial charge is 0.344 e. The highest BCUT2D eigenvalue weighted by atomic mass is 14.1. The molecular formula is C44H313N45. The van der Waals surface area contributed by atoms with Crippen LogP contribution in [-0.4, -0.2) is 0 Å². The predicted molar refractivity (Wildman–Crippen MR) is 524 cm³/mol. The fraction of sp³-hybridized carbons (Fsp3) is 1.00. The van der Waals surface area contributed by atoms with E-state index >= 15 is 0 Å². The molecule has 45 nitrogen and oxygen atoms in total. The van der Waals surface area contributed by atoms with E-state index in [0.717, 1.165) is 0 Å². The number of hydrogen-bond acceptors (Lipinski definition) is 45. The van der Waals surface area contributed by atoms with Crippen molar-refractivity contribution in [3.63, 3.8) is 0 Å². The van der Waals surface area contributed by atoms with Crippen molar-refractivity contribution in [1.29, 1.82) is 0 Å². The molecule has 45 heteroatoms. The minimum atomic E-state index is 0. The molecule has 0 atom stereocenters. The summed E-state index contributed by atoms with van der Waals surface area (Å²) in [7, 11) is 0. The molecule has 0 radical (unpaired) electrons. The summed E-state index contributed by atoms with van der Waals surface area (Å²) < 4.78 is 236. The molecule has 0 aliphatic carbocycles. The first kappa shape index (κ1) is 347. The maximum Gasteiger partial charge on any atom is 0.115 e. The van der Waals surface area contributed by atoms with E-state index in [4.69, 9.17) is 63.5 Å². The van der Waals surface area contributed by atoms with Crippen molar-refractivity contribution in [2.75, 3.05) is 0 Å². The topological polar surface area (TPSA) is 1580 Å². The van der Waals surface area contributed by atoms with E-state index in [1.165, 1.54) is 0 Å². The lowest BCUT2D eigenvalue weighted by atomic mass is 12.0. The van der Waals surface area contributed by atoms with Gasteiger partial charge in [-0.2, -0.15) is 0 Å². The van der Waals surface area contributed by atoms with Crippen LogP contribution in [-0.2, 0) is 0 Å². The molecule has 0 unspecified atom stereocenters. The van der Waals surface area contributed by atoms with Crippen LogP contribution in [0.15, 0.2) is 0 Å². The Morgan fingerprint density at radius 1 is 0.0562 bits per heavy atom.